The first-order valence-corrected chi connectivity index (χ1v) is 5.83. The monoisotopic (exact) mass is 249 g/mol. The predicted molar refractivity (Wildman–Crippen MR) is 63.2 cm³/mol. The Kier molecular flexibility index (Phi) is 3.71. The summed E-state index contributed by atoms with van der Waals surface area (Å²) < 4.78 is 3.64. The fourth-order valence-corrected chi connectivity index (χ4v) is 1.85. The normalized spacial score (nSPS) is 10.7. The fourth-order valence-electron chi connectivity index (χ4n) is 1.85. The van der Waals surface area contributed by atoms with E-state index in [1.807, 2.05) is 17.7 Å². The maximum Gasteiger partial charge on any atom is 0.358 e. The molecule has 2 rings (SSSR count). The van der Waals surface area contributed by atoms with Crippen LogP contribution in [-0.2, 0) is 19.5 Å². The highest BCUT2D eigenvalue weighted by Gasteiger charge is 2.16. The van der Waals surface area contributed by atoms with E-state index in [1.165, 1.54) is 0 Å². The van der Waals surface area contributed by atoms with E-state index in [0.717, 1.165) is 13.0 Å². The molecule has 0 atom stereocenters. The number of rotatable bonds is 6. The highest BCUT2D eigenvalue weighted by Crippen LogP contribution is 2.07. The standard InChI is InChI=1S/C11H15N5O2/c1-2-9-10(11(17)18)13-14-16(9)6-3-5-15-7-4-12-8-15/h4,7-8H,2-3,5-6H2,1H3,(H,17,18). The minimum absolute atomic E-state index is 0.0557. The first-order chi connectivity index (χ1) is 8.72. The topological polar surface area (TPSA) is 85.8 Å². The van der Waals surface area contributed by atoms with Crippen LogP contribution in [0.25, 0.3) is 0 Å². The van der Waals surface area contributed by atoms with Gasteiger partial charge in [0, 0.05) is 25.5 Å². The van der Waals surface area contributed by atoms with Crippen LogP contribution in [0.5, 0.6) is 0 Å². The molecule has 0 amide bonds. The Morgan fingerprint density at radius 1 is 1.44 bits per heavy atom. The molecule has 0 saturated heterocycles. The van der Waals surface area contributed by atoms with E-state index in [9.17, 15) is 4.79 Å². The van der Waals surface area contributed by atoms with Gasteiger partial charge in [0.1, 0.15) is 0 Å². The van der Waals surface area contributed by atoms with Crippen molar-refractivity contribution in [1.29, 1.82) is 0 Å². The largest absolute Gasteiger partial charge is 0.476 e. The third-order valence-electron chi connectivity index (χ3n) is 2.72. The molecule has 0 saturated carbocycles. The smallest absolute Gasteiger partial charge is 0.358 e. The Bertz CT molecular complexity index is 518. The van der Waals surface area contributed by atoms with Crippen LogP contribution in [0.15, 0.2) is 18.7 Å². The third kappa shape index (κ3) is 2.55. The molecule has 2 aromatic rings. The number of carboxylic acids is 1. The molecule has 0 unspecified atom stereocenters. The molecule has 0 bridgehead atoms. The summed E-state index contributed by atoms with van der Waals surface area (Å²) in [4.78, 5) is 14.9. The molecule has 2 heterocycles. The summed E-state index contributed by atoms with van der Waals surface area (Å²) >= 11 is 0. The van der Waals surface area contributed by atoms with Crippen molar-refractivity contribution in [2.24, 2.45) is 0 Å². The van der Waals surface area contributed by atoms with E-state index in [2.05, 4.69) is 15.3 Å². The summed E-state index contributed by atoms with van der Waals surface area (Å²) in [5.41, 5.74) is 0.730. The quantitative estimate of drug-likeness (QED) is 0.819. The summed E-state index contributed by atoms with van der Waals surface area (Å²) in [6, 6.07) is 0. The number of imidazole rings is 1. The minimum Gasteiger partial charge on any atom is -0.476 e. The number of hydrogen-bond acceptors (Lipinski definition) is 4. The molecule has 2 aromatic heterocycles. The maximum absolute atomic E-state index is 10.9. The van der Waals surface area contributed by atoms with Gasteiger partial charge in [0.15, 0.2) is 5.69 Å². The molecule has 0 aliphatic carbocycles. The van der Waals surface area contributed by atoms with E-state index in [1.54, 1.807) is 17.2 Å². The van der Waals surface area contributed by atoms with Crippen molar-refractivity contribution in [2.45, 2.75) is 32.9 Å². The lowest BCUT2D eigenvalue weighted by Gasteiger charge is -2.05. The summed E-state index contributed by atoms with van der Waals surface area (Å²) in [5.74, 6) is -1.02. The average Bonchev–Trinajstić information content (AvgIpc) is 2.97. The van der Waals surface area contributed by atoms with Gasteiger partial charge in [-0.3, -0.25) is 0 Å². The molecule has 0 aliphatic rings. The van der Waals surface area contributed by atoms with Crippen LogP contribution < -0.4 is 0 Å². The van der Waals surface area contributed by atoms with Gasteiger partial charge >= 0.3 is 5.97 Å². The third-order valence-corrected chi connectivity index (χ3v) is 2.72. The number of hydrogen-bond donors (Lipinski definition) is 1. The SMILES string of the molecule is CCc1c(C(=O)O)nnn1CCCn1ccnc1. The Labute approximate surface area is 104 Å². The lowest BCUT2D eigenvalue weighted by molar-refractivity contribution is 0.0689. The highest BCUT2D eigenvalue weighted by molar-refractivity contribution is 5.86. The number of carboxylic acid groups (broad SMARTS) is 1. The fraction of sp³-hybridized carbons (Fsp3) is 0.455. The van der Waals surface area contributed by atoms with Crippen molar-refractivity contribution in [3.8, 4) is 0 Å². The second-order valence-corrected chi connectivity index (χ2v) is 3.92. The first kappa shape index (κ1) is 12.3. The van der Waals surface area contributed by atoms with Crippen molar-refractivity contribution in [2.75, 3.05) is 0 Å². The van der Waals surface area contributed by atoms with Gasteiger partial charge < -0.3 is 9.67 Å². The zero-order valence-electron chi connectivity index (χ0n) is 10.2. The van der Waals surface area contributed by atoms with Crippen LogP contribution in [-0.4, -0.2) is 35.6 Å². The molecule has 0 radical (unpaired) electrons. The van der Waals surface area contributed by atoms with E-state index in [4.69, 9.17) is 5.11 Å². The molecule has 0 fully saturated rings. The van der Waals surface area contributed by atoms with Crippen molar-refractivity contribution < 1.29 is 9.90 Å². The summed E-state index contributed by atoms with van der Waals surface area (Å²) in [6.07, 6.45) is 6.84. The lowest BCUT2D eigenvalue weighted by atomic mass is 10.2. The first-order valence-electron chi connectivity index (χ1n) is 5.83. The van der Waals surface area contributed by atoms with Gasteiger partial charge in [-0.15, -0.1) is 5.10 Å². The maximum atomic E-state index is 10.9. The Morgan fingerprint density at radius 3 is 2.89 bits per heavy atom. The predicted octanol–water partition coefficient (Wildman–Crippen LogP) is 0.825. The van der Waals surface area contributed by atoms with Gasteiger partial charge in [0.25, 0.3) is 0 Å². The van der Waals surface area contributed by atoms with Crippen molar-refractivity contribution in [1.82, 2.24) is 24.5 Å². The number of aromatic nitrogens is 5. The summed E-state index contributed by atoms with van der Waals surface area (Å²) in [5, 5.41) is 16.5. The Balaban J connectivity index is 1.99. The second-order valence-electron chi connectivity index (χ2n) is 3.92. The molecular formula is C11H15N5O2. The number of aromatic carboxylic acids is 1. The van der Waals surface area contributed by atoms with E-state index in [-0.39, 0.29) is 5.69 Å². The molecule has 1 N–H and O–H groups in total. The number of carbonyl (C=O) groups is 1. The van der Waals surface area contributed by atoms with Gasteiger partial charge in [-0.2, -0.15) is 0 Å². The molecule has 7 heteroatoms. The van der Waals surface area contributed by atoms with Crippen molar-refractivity contribution >= 4 is 5.97 Å². The minimum atomic E-state index is -1.02. The van der Waals surface area contributed by atoms with E-state index >= 15 is 0 Å². The molecule has 0 spiro atoms. The van der Waals surface area contributed by atoms with Crippen LogP contribution >= 0.6 is 0 Å². The zero-order valence-corrected chi connectivity index (χ0v) is 10.2. The second kappa shape index (κ2) is 5.44. The Morgan fingerprint density at radius 2 is 2.28 bits per heavy atom. The van der Waals surface area contributed by atoms with Gasteiger partial charge in [0.05, 0.1) is 12.0 Å². The van der Waals surface area contributed by atoms with E-state index in [0.29, 0.717) is 18.7 Å². The van der Waals surface area contributed by atoms with Crippen LogP contribution in [0.3, 0.4) is 0 Å². The highest BCUT2D eigenvalue weighted by atomic mass is 16.4. The van der Waals surface area contributed by atoms with Crippen LogP contribution in [0.1, 0.15) is 29.5 Å². The van der Waals surface area contributed by atoms with Gasteiger partial charge in [0.2, 0.25) is 0 Å². The van der Waals surface area contributed by atoms with Gasteiger partial charge in [-0.25, -0.2) is 14.5 Å². The van der Waals surface area contributed by atoms with Gasteiger partial charge in [-0.1, -0.05) is 12.1 Å². The van der Waals surface area contributed by atoms with Crippen molar-refractivity contribution in [3.63, 3.8) is 0 Å². The van der Waals surface area contributed by atoms with Crippen LogP contribution in [0.2, 0.25) is 0 Å². The zero-order chi connectivity index (χ0) is 13.0. The molecule has 0 aliphatic heterocycles. The van der Waals surface area contributed by atoms with Crippen LogP contribution in [0, 0.1) is 0 Å². The summed E-state index contributed by atoms with van der Waals surface area (Å²) in [6.45, 7) is 3.38. The molecular weight excluding hydrogens is 234 g/mol. The number of nitrogens with zero attached hydrogens (tertiary/aromatic N) is 5. The van der Waals surface area contributed by atoms with Crippen LogP contribution in [0.4, 0.5) is 0 Å². The van der Waals surface area contributed by atoms with Crippen molar-refractivity contribution in [3.05, 3.63) is 30.1 Å². The van der Waals surface area contributed by atoms with Gasteiger partial charge in [-0.05, 0) is 12.8 Å². The Hall–Kier alpha value is -2.18. The number of aryl methyl sites for hydroxylation is 2. The summed E-state index contributed by atoms with van der Waals surface area (Å²) in [7, 11) is 0. The average molecular weight is 249 g/mol. The molecule has 0 aromatic carbocycles. The molecule has 7 nitrogen and oxygen atoms in total. The molecule has 18 heavy (non-hydrogen) atoms. The molecule has 96 valence electrons. The lowest BCUT2D eigenvalue weighted by Crippen LogP contribution is -2.09. The van der Waals surface area contributed by atoms with E-state index < -0.39 is 5.97 Å².